The van der Waals surface area contributed by atoms with Gasteiger partial charge in [-0.15, -0.1) is 12.4 Å². The topological polar surface area (TPSA) is 41.1 Å². The van der Waals surface area contributed by atoms with E-state index in [1.54, 1.807) is 0 Å². The van der Waals surface area contributed by atoms with E-state index in [4.69, 9.17) is 0 Å². The van der Waals surface area contributed by atoms with E-state index in [0.717, 1.165) is 25.1 Å². The van der Waals surface area contributed by atoms with Crippen LogP contribution >= 0.6 is 12.4 Å². The minimum atomic E-state index is 0. The lowest BCUT2D eigenvalue weighted by atomic mass is 9.95. The molecular formula is C14H21ClN2O. The van der Waals surface area contributed by atoms with E-state index in [1.165, 1.54) is 0 Å². The number of hydrogen-bond acceptors (Lipinski definition) is 2. The zero-order chi connectivity index (χ0) is 12.1. The Balaban J connectivity index is 0.00000162. The predicted molar refractivity (Wildman–Crippen MR) is 76.0 cm³/mol. The third kappa shape index (κ3) is 4.31. The van der Waals surface area contributed by atoms with Crippen molar-refractivity contribution in [1.82, 2.24) is 10.6 Å². The molecule has 1 aromatic rings. The SMILES string of the molecule is CC1CNCCC1NC(=O)Cc1ccccc1.Cl. The Bertz CT molecular complexity index is 369. The van der Waals surface area contributed by atoms with Crippen molar-refractivity contribution in [3.05, 3.63) is 35.9 Å². The second kappa shape index (κ2) is 7.39. The molecule has 0 radical (unpaired) electrons. The molecule has 2 atom stereocenters. The fourth-order valence-corrected chi connectivity index (χ4v) is 2.27. The molecule has 0 bridgehead atoms. The third-order valence-electron chi connectivity index (χ3n) is 3.34. The lowest BCUT2D eigenvalue weighted by Crippen LogP contribution is -2.48. The molecule has 4 heteroatoms. The monoisotopic (exact) mass is 268 g/mol. The van der Waals surface area contributed by atoms with Crippen molar-refractivity contribution < 1.29 is 4.79 Å². The minimum Gasteiger partial charge on any atom is -0.353 e. The van der Waals surface area contributed by atoms with Gasteiger partial charge in [0.15, 0.2) is 0 Å². The first-order valence-electron chi connectivity index (χ1n) is 6.29. The van der Waals surface area contributed by atoms with Gasteiger partial charge in [-0.3, -0.25) is 4.79 Å². The molecule has 1 aliphatic rings. The van der Waals surface area contributed by atoms with Gasteiger partial charge in [-0.2, -0.15) is 0 Å². The fraction of sp³-hybridized carbons (Fsp3) is 0.500. The molecule has 1 aromatic carbocycles. The molecule has 2 unspecified atom stereocenters. The first kappa shape index (κ1) is 15.0. The summed E-state index contributed by atoms with van der Waals surface area (Å²) in [5.74, 6) is 0.651. The summed E-state index contributed by atoms with van der Waals surface area (Å²) in [6, 6.07) is 10.2. The first-order chi connectivity index (χ1) is 8.25. The molecule has 0 aromatic heterocycles. The highest BCUT2D eigenvalue weighted by Gasteiger charge is 2.22. The number of nitrogens with one attached hydrogen (secondary N) is 2. The average Bonchev–Trinajstić information content (AvgIpc) is 2.33. The molecule has 1 saturated heterocycles. The molecule has 3 nitrogen and oxygen atoms in total. The van der Waals surface area contributed by atoms with Gasteiger partial charge in [0.2, 0.25) is 5.91 Å². The smallest absolute Gasteiger partial charge is 0.224 e. The summed E-state index contributed by atoms with van der Waals surface area (Å²) in [6.07, 6.45) is 1.51. The number of benzene rings is 1. The van der Waals surface area contributed by atoms with Gasteiger partial charge in [0.1, 0.15) is 0 Å². The van der Waals surface area contributed by atoms with Crippen LogP contribution in [0.1, 0.15) is 18.9 Å². The van der Waals surface area contributed by atoms with E-state index in [2.05, 4.69) is 17.6 Å². The maximum absolute atomic E-state index is 11.9. The zero-order valence-corrected chi connectivity index (χ0v) is 11.5. The predicted octanol–water partition coefficient (Wildman–Crippen LogP) is 1.77. The van der Waals surface area contributed by atoms with Crippen LogP contribution in [0.25, 0.3) is 0 Å². The molecule has 0 aliphatic carbocycles. The largest absolute Gasteiger partial charge is 0.353 e. The van der Waals surface area contributed by atoms with Crippen LogP contribution in [0.2, 0.25) is 0 Å². The van der Waals surface area contributed by atoms with E-state index >= 15 is 0 Å². The number of halogens is 1. The average molecular weight is 269 g/mol. The van der Waals surface area contributed by atoms with E-state index < -0.39 is 0 Å². The lowest BCUT2D eigenvalue weighted by molar-refractivity contribution is -0.121. The van der Waals surface area contributed by atoms with Crippen LogP contribution in [-0.2, 0) is 11.2 Å². The molecule has 1 aliphatic heterocycles. The number of carbonyl (C=O) groups excluding carboxylic acids is 1. The minimum absolute atomic E-state index is 0. The van der Waals surface area contributed by atoms with Gasteiger partial charge < -0.3 is 10.6 Å². The highest BCUT2D eigenvalue weighted by Crippen LogP contribution is 2.10. The molecule has 2 rings (SSSR count). The van der Waals surface area contributed by atoms with E-state index in [-0.39, 0.29) is 18.3 Å². The molecule has 0 spiro atoms. The lowest BCUT2D eigenvalue weighted by Gasteiger charge is -2.30. The number of piperidine rings is 1. The Morgan fingerprint density at radius 3 is 2.78 bits per heavy atom. The Morgan fingerprint density at radius 1 is 1.39 bits per heavy atom. The first-order valence-corrected chi connectivity index (χ1v) is 6.29. The molecule has 1 amide bonds. The van der Waals surface area contributed by atoms with Gasteiger partial charge in [0, 0.05) is 6.04 Å². The van der Waals surface area contributed by atoms with Crippen LogP contribution in [0.5, 0.6) is 0 Å². The quantitative estimate of drug-likeness (QED) is 0.877. The summed E-state index contributed by atoms with van der Waals surface area (Å²) in [4.78, 5) is 11.9. The molecule has 100 valence electrons. The second-order valence-corrected chi connectivity index (χ2v) is 4.81. The van der Waals surface area contributed by atoms with Crippen LogP contribution in [0.4, 0.5) is 0 Å². The summed E-state index contributed by atoms with van der Waals surface area (Å²) in [7, 11) is 0. The maximum atomic E-state index is 11.9. The maximum Gasteiger partial charge on any atom is 0.224 e. The van der Waals surface area contributed by atoms with Gasteiger partial charge in [0.25, 0.3) is 0 Å². The van der Waals surface area contributed by atoms with Crippen molar-refractivity contribution in [2.75, 3.05) is 13.1 Å². The summed E-state index contributed by atoms with van der Waals surface area (Å²) in [5.41, 5.74) is 1.08. The Hall–Kier alpha value is -1.06. The molecule has 2 N–H and O–H groups in total. The fourth-order valence-electron chi connectivity index (χ4n) is 2.27. The summed E-state index contributed by atoms with van der Waals surface area (Å²) in [5, 5.41) is 6.47. The van der Waals surface area contributed by atoms with Crippen molar-refractivity contribution in [2.45, 2.75) is 25.8 Å². The van der Waals surface area contributed by atoms with Crippen LogP contribution in [-0.4, -0.2) is 25.0 Å². The van der Waals surface area contributed by atoms with Crippen LogP contribution in [0.3, 0.4) is 0 Å². The summed E-state index contributed by atoms with van der Waals surface area (Å²) >= 11 is 0. The highest BCUT2D eigenvalue weighted by atomic mass is 35.5. The summed E-state index contributed by atoms with van der Waals surface area (Å²) in [6.45, 7) is 4.18. The van der Waals surface area contributed by atoms with E-state index in [0.29, 0.717) is 18.4 Å². The van der Waals surface area contributed by atoms with Gasteiger partial charge in [0.05, 0.1) is 6.42 Å². The van der Waals surface area contributed by atoms with Gasteiger partial charge in [-0.1, -0.05) is 37.3 Å². The van der Waals surface area contributed by atoms with E-state index in [1.807, 2.05) is 30.3 Å². The van der Waals surface area contributed by atoms with Crippen molar-refractivity contribution in [1.29, 1.82) is 0 Å². The second-order valence-electron chi connectivity index (χ2n) is 4.81. The number of carbonyl (C=O) groups is 1. The number of hydrogen-bond donors (Lipinski definition) is 2. The molecule has 1 fully saturated rings. The van der Waals surface area contributed by atoms with Gasteiger partial charge in [-0.25, -0.2) is 0 Å². The normalized spacial score (nSPS) is 22.9. The Morgan fingerprint density at radius 2 is 2.11 bits per heavy atom. The van der Waals surface area contributed by atoms with Crippen LogP contribution < -0.4 is 10.6 Å². The van der Waals surface area contributed by atoms with Crippen molar-refractivity contribution in [2.24, 2.45) is 5.92 Å². The van der Waals surface area contributed by atoms with Crippen molar-refractivity contribution in [3.63, 3.8) is 0 Å². The van der Waals surface area contributed by atoms with Crippen molar-refractivity contribution >= 4 is 18.3 Å². The van der Waals surface area contributed by atoms with Crippen LogP contribution in [0.15, 0.2) is 30.3 Å². The number of rotatable bonds is 3. The Kier molecular flexibility index (Phi) is 6.16. The molecule has 1 heterocycles. The van der Waals surface area contributed by atoms with E-state index in [9.17, 15) is 4.79 Å². The number of amides is 1. The molecule has 0 saturated carbocycles. The van der Waals surface area contributed by atoms with Crippen LogP contribution in [0, 0.1) is 5.92 Å². The third-order valence-corrected chi connectivity index (χ3v) is 3.34. The standard InChI is InChI=1S/C14H20N2O.ClH/c1-11-10-15-8-7-13(11)16-14(17)9-12-5-3-2-4-6-12;/h2-6,11,13,15H,7-10H2,1H3,(H,16,17);1H. The van der Waals surface area contributed by atoms with Gasteiger partial charge >= 0.3 is 0 Å². The summed E-state index contributed by atoms with van der Waals surface area (Å²) < 4.78 is 0. The zero-order valence-electron chi connectivity index (χ0n) is 10.7. The molecular weight excluding hydrogens is 248 g/mol. The highest BCUT2D eigenvalue weighted by molar-refractivity contribution is 5.85. The molecule has 18 heavy (non-hydrogen) atoms. The Labute approximate surface area is 115 Å². The van der Waals surface area contributed by atoms with Crippen molar-refractivity contribution in [3.8, 4) is 0 Å². The van der Waals surface area contributed by atoms with Gasteiger partial charge in [-0.05, 0) is 31.0 Å².